The summed E-state index contributed by atoms with van der Waals surface area (Å²) in [5.41, 5.74) is -0.659. The van der Waals surface area contributed by atoms with Crippen molar-refractivity contribution >= 4 is 11.9 Å². The summed E-state index contributed by atoms with van der Waals surface area (Å²) in [5.74, 6) is -2.10. The molecule has 25 heavy (non-hydrogen) atoms. The standard InChI is InChI=1S/C18H25NO6/c1-3-11-8-13(9-20)18(2,23)17(22)24-10-12-4-6-19-7-5-14(15(12)19)25-16(11)21/h3-4,13-15,20,23H,5-10H2,1-2H3/b11-3-/t13-,14-,15+,18+/m0/s1. The van der Waals surface area contributed by atoms with Crippen LogP contribution in [-0.4, -0.2) is 71.1 Å². The molecule has 0 aromatic carbocycles. The van der Waals surface area contributed by atoms with Crippen molar-refractivity contribution in [3.8, 4) is 0 Å². The Morgan fingerprint density at radius 1 is 1.44 bits per heavy atom. The van der Waals surface area contributed by atoms with Crippen LogP contribution < -0.4 is 0 Å². The van der Waals surface area contributed by atoms with Gasteiger partial charge in [0.15, 0.2) is 5.60 Å². The molecule has 3 heterocycles. The van der Waals surface area contributed by atoms with Gasteiger partial charge < -0.3 is 19.7 Å². The summed E-state index contributed by atoms with van der Waals surface area (Å²) in [7, 11) is 0. The van der Waals surface area contributed by atoms with E-state index in [2.05, 4.69) is 4.90 Å². The maximum absolute atomic E-state index is 12.6. The molecule has 138 valence electrons. The molecule has 0 amide bonds. The Bertz CT molecular complexity index is 623. The number of carbonyl (C=O) groups is 2. The van der Waals surface area contributed by atoms with Gasteiger partial charge in [-0.05, 0) is 32.3 Å². The van der Waals surface area contributed by atoms with Crippen molar-refractivity contribution in [1.29, 1.82) is 0 Å². The maximum Gasteiger partial charge on any atom is 0.338 e. The Labute approximate surface area is 146 Å². The van der Waals surface area contributed by atoms with Crippen LogP contribution in [0.15, 0.2) is 23.3 Å². The molecule has 0 bridgehead atoms. The monoisotopic (exact) mass is 351 g/mol. The lowest BCUT2D eigenvalue weighted by Gasteiger charge is -2.32. The summed E-state index contributed by atoms with van der Waals surface area (Å²) in [4.78, 5) is 27.2. The summed E-state index contributed by atoms with van der Waals surface area (Å²) < 4.78 is 11.1. The van der Waals surface area contributed by atoms with Gasteiger partial charge in [0.2, 0.25) is 0 Å². The first-order chi connectivity index (χ1) is 11.9. The van der Waals surface area contributed by atoms with Gasteiger partial charge in [0, 0.05) is 31.2 Å². The van der Waals surface area contributed by atoms with Crippen LogP contribution in [0.2, 0.25) is 0 Å². The molecule has 3 rings (SSSR count). The van der Waals surface area contributed by atoms with Crippen LogP contribution in [0.3, 0.4) is 0 Å². The van der Waals surface area contributed by atoms with Gasteiger partial charge in [-0.2, -0.15) is 0 Å². The second-order valence-electron chi connectivity index (χ2n) is 7.07. The number of ether oxygens (including phenoxy) is 2. The molecule has 3 aliphatic rings. The molecule has 7 nitrogen and oxygen atoms in total. The minimum absolute atomic E-state index is 0.0394. The maximum atomic E-state index is 12.6. The van der Waals surface area contributed by atoms with Crippen LogP contribution in [-0.2, 0) is 19.1 Å². The van der Waals surface area contributed by atoms with Crippen molar-refractivity contribution in [2.75, 3.05) is 26.3 Å². The molecule has 2 saturated heterocycles. The van der Waals surface area contributed by atoms with E-state index in [0.717, 1.165) is 25.1 Å². The number of rotatable bonds is 1. The van der Waals surface area contributed by atoms with Crippen molar-refractivity contribution in [3.05, 3.63) is 23.3 Å². The minimum Gasteiger partial charge on any atom is -0.459 e. The molecule has 0 unspecified atom stereocenters. The fourth-order valence-electron chi connectivity index (χ4n) is 3.83. The number of aliphatic hydroxyl groups is 2. The lowest BCUT2D eigenvalue weighted by Crippen LogP contribution is -2.47. The molecule has 0 spiro atoms. The Balaban J connectivity index is 1.92. The molecule has 4 atom stereocenters. The average molecular weight is 351 g/mol. The molecule has 3 aliphatic heterocycles. The quantitative estimate of drug-likeness (QED) is 0.395. The smallest absolute Gasteiger partial charge is 0.338 e. The Kier molecular flexibility index (Phi) is 4.99. The van der Waals surface area contributed by atoms with Gasteiger partial charge in [-0.25, -0.2) is 9.59 Å². The zero-order valence-corrected chi connectivity index (χ0v) is 14.6. The number of hydrogen-bond acceptors (Lipinski definition) is 7. The first-order valence-electron chi connectivity index (χ1n) is 8.68. The van der Waals surface area contributed by atoms with Gasteiger partial charge >= 0.3 is 11.9 Å². The highest BCUT2D eigenvalue weighted by Crippen LogP contribution is 2.34. The molecule has 0 radical (unpaired) electrons. The third kappa shape index (κ3) is 3.23. The van der Waals surface area contributed by atoms with Crippen molar-refractivity contribution in [2.45, 2.75) is 44.4 Å². The van der Waals surface area contributed by atoms with E-state index in [4.69, 9.17) is 9.47 Å². The number of esters is 2. The fourth-order valence-corrected chi connectivity index (χ4v) is 3.83. The number of aliphatic hydroxyl groups excluding tert-OH is 1. The van der Waals surface area contributed by atoms with Gasteiger partial charge in [-0.3, -0.25) is 4.90 Å². The first kappa shape index (κ1) is 18.1. The molecule has 2 N–H and O–H groups in total. The molecule has 0 aromatic rings. The van der Waals surface area contributed by atoms with Crippen LogP contribution in [0.1, 0.15) is 26.7 Å². The van der Waals surface area contributed by atoms with E-state index in [1.165, 1.54) is 6.92 Å². The Morgan fingerprint density at radius 3 is 2.88 bits per heavy atom. The lowest BCUT2D eigenvalue weighted by atomic mass is 9.84. The average Bonchev–Trinajstić information content (AvgIpc) is 3.15. The highest BCUT2D eigenvalue weighted by Gasteiger charge is 2.46. The molecule has 0 aliphatic carbocycles. The van der Waals surface area contributed by atoms with Gasteiger partial charge in [0.1, 0.15) is 12.7 Å². The zero-order chi connectivity index (χ0) is 18.2. The van der Waals surface area contributed by atoms with Crippen LogP contribution in [0, 0.1) is 5.92 Å². The molecular formula is C18H25NO6. The summed E-state index contributed by atoms with van der Waals surface area (Å²) in [6.45, 7) is 4.17. The summed E-state index contributed by atoms with van der Waals surface area (Å²) in [6, 6.07) is -0.0760. The predicted molar refractivity (Wildman–Crippen MR) is 88.5 cm³/mol. The van der Waals surface area contributed by atoms with E-state index >= 15 is 0 Å². The Morgan fingerprint density at radius 2 is 2.20 bits per heavy atom. The van der Waals surface area contributed by atoms with Gasteiger partial charge in [-0.15, -0.1) is 0 Å². The lowest BCUT2D eigenvalue weighted by molar-refractivity contribution is -0.171. The third-order valence-corrected chi connectivity index (χ3v) is 5.55. The first-order valence-corrected chi connectivity index (χ1v) is 8.68. The van der Waals surface area contributed by atoms with E-state index < -0.39 is 30.1 Å². The van der Waals surface area contributed by atoms with Crippen LogP contribution in [0.4, 0.5) is 0 Å². The van der Waals surface area contributed by atoms with Crippen molar-refractivity contribution in [2.24, 2.45) is 5.92 Å². The highest BCUT2D eigenvalue weighted by molar-refractivity contribution is 5.89. The van der Waals surface area contributed by atoms with Gasteiger partial charge in [-0.1, -0.05) is 12.2 Å². The summed E-state index contributed by atoms with van der Waals surface area (Å²) >= 11 is 0. The number of hydrogen-bond donors (Lipinski definition) is 2. The van der Waals surface area contributed by atoms with E-state index in [1.54, 1.807) is 13.0 Å². The Hall–Kier alpha value is -1.70. The predicted octanol–water partition coefficient (Wildman–Crippen LogP) is 0.165. The van der Waals surface area contributed by atoms with Crippen LogP contribution in [0.5, 0.6) is 0 Å². The van der Waals surface area contributed by atoms with Crippen LogP contribution >= 0.6 is 0 Å². The second-order valence-corrected chi connectivity index (χ2v) is 7.07. The second kappa shape index (κ2) is 6.90. The number of nitrogens with zero attached hydrogens (tertiary/aromatic N) is 1. The summed E-state index contributed by atoms with van der Waals surface area (Å²) in [5, 5.41) is 20.2. The zero-order valence-electron chi connectivity index (χ0n) is 14.6. The van der Waals surface area contributed by atoms with Gasteiger partial charge in [0.05, 0.1) is 6.04 Å². The molecular weight excluding hydrogens is 326 g/mol. The normalized spacial score (nSPS) is 38.5. The number of carbonyl (C=O) groups excluding carboxylic acids is 2. The molecule has 2 fully saturated rings. The molecule has 0 aromatic heterocycles. The minimum atomic E-state index is -1.89. The highest BCUT2D eigenvalue weighted by atomic mass is 16.6. The van der Waals surface area contributed by atoms with E-state index in [1.807, 2.05) is 6.08 Å². The number of cyclic esters (lactones) is 1. The van der Waals surface area contributed by atoms with E-state index in [0.29, 0.717) is 5.57 Å². The molecule has 0 saturated carbocycles. The van der Waals surface area contributed by atoms with E-state index in [9.17, 15) is 19.8 Å². The van der Waals surface area contributed by atoms with Crippen LogP contribution in [0.25, 0.3) is 0 Å². The number of allylic oxidation sites excluding steroid dienone is 1. The largest absolute Gasteiger partial charge is 0.459 e. The van der Waals surface area contributed by atoms with Crippen molar-refractivity contribution in [1.82, 2.24) is 4.90 Å². The summed E-state index contributed by atoms with van der Waals surface area (Å²) in [6.07, 6.45) is 4.09. The van der Waals surface area contributed by atoms with Crippen molar-refractivity contribution < 1.29 is 29.3 Å². The fraction of sp³-hybridized carbons (Fsp3) is 0.667. The topological polar surface area (TPSA) is 96.3 Å². The molecule has 7 heteroatoms. The third-order valence-electron chi connectivity index (χ3n) is 5.55. The van der Waals surface area contributed by atoms with E-state index in [-0.39, 0.29) is 25.2 Å². The SMILES string of the molecule is C/C=C1/C[C@@H](CO)[C@@](C)(O)C(=O)OCC2=CCN3CC[C@H](OC1=O)[C@@H]23. The van der Waals surface area contributed by atoms with Crippen molar-refractivity contribution in [3.63, 3.8) is 0 Å². The van der Waals surface area contributed by atoms with Gasteiger partial charge in [0.25, 0.3) is 0 Å².